The highest BCUT2D eigenvalue weighted by molar-refractivity contribution is 8.33. The molecule has 3 rings (SSSR count). The van der Waals surface area contributed by atoms with Crippen molar-refractivity contribution >= 4 is 20.8 Å². The Kier molecular flexibility index (Phi) is 2.55. The standard InChI is InChI=1S/C15H18OS/c1-17(10-4-5-11-17)15-9-8-14(16)12-6-2-3-7-13(12)15/h2-3,6-9,16H,4-5,10-11H2,1H3. The van der Waals surface area contributed by atoms with Crippen molar-refractivity contribution in [3.05, 3.63) is 36.4 Å². The highest BCUT2D eigenvalue weighted by atomic mass is 32.3. The summed E-state index contributed by atoms with van der Waals surface area (Å²) in [5.74, 6) is 3.11. The Morgan fingerprint density at radius 1 is 0.941 bits per heavy atom. The van der Waals surface area contributed by atoms with Crippen molar-refractivity contribution in [1.82, 2.24) is 0 Å². The largest absolute Gasteiger partial charge is 0.507 e. The number of hydrogen-bond donors (Lipinski definition) is 1. The van der Waals surface area contributed by atoms with Crippen LogP contribution in [0.3, 0.4) is 0 Å². The summed E-state index contributed by atoms with van der Waals surface area (Å²) in [6.45, 7) is 0. The minimum Gasteiger partial charge on any atom is -0.507 e. The summed E-state index contributed by atoms with van der Waals surface area (Å²) in [7, 11) is -0.637. The van der Waals surface area contributed by atoms with Gasteiger partial charge in [-0.2, -0.15) is 0 Å². The van der Waals surface area contributed by atoms with Crippen LogP contribution in [0.25, 0.3) is 10.8 Å². The van der Waals surface area contributed by atoms with Crippen molar-refractivity contribution in [1.29, 1.82) is 0 Å². The molecule has 1 aliphatic heterocycles. The van der Waals surface area contributed by atoms with Crippen LogP contribution < -0.4 is 0 Å². The molecule has 1 fully saturated rings. The lowest BCUT2D eigenvalue weighted by molar-refractivity contribution is 0.481. The van der Waals surface area contributed by atoms with E-state index in [-0.39, 0.29) is 0 Å². The summed E-state index contributed by atoms with van der Waals surface area (Å²) in [6, 6.07) is 12.3. The van der Waals surface area contributed by atoms with E-state index >= 15 is 0 Å². The number of rotatable bonds is 1. The van der Waals surface area contributed by atoms with Crippen LogP contribution >= 0.6 is 10.0 Å². The van der Waals surface area contributed by atoms with Gasteiger partial charge in [0.1, 0.15) is 5.75 Å². The van der Waals surface area contributed by atoms with E-state index in [1.54, 1.807) is 0 Å². The van der Waals surface area contributed by atoms with Crippen LogP contribution in [-0.2, 0) is 0 Å². The SMILES string of the molecule is CS1(c2ccc(O)c3ccccc23)CCCC1. The average Bonchev–Trinajstić information content (AvgIpc) is 2.78. The molecule has 2 aromatic rings. The van der Waals surface area contributed by atoms with Crippen LogP contribution in [0, 0.1) is 0 Å². The summed E-state index contributed by atoms with van der Waals surface area (Å²) in [4.78, 5) is 1.49. The lowest BCUT2D eigenvalue weighted by atomic mass is 10.1. The molecular formula is C15H18OS. The van der Waals surface area contributed by atoms with E-state index in [9.17, 15) is 5.11 Å². The van der Waals surface area contributed by atoms with Gasteiger partial charge in [-0.05, 0) is 53.0 Å². The average molecular weight is 246 g/mol. The van der Waals surface area contributed by atoms with Gasteiger partial charge in [-0.3, -0.25) is 0 Å². The second-order valence-corrected chi connectivity index (χ2v) is 8.82. The molecule has 0 amide bonds. The molecule has 1 saturated heterocycles. The molecule has 17 heavy (non-hydrogen) atoms. The third-order valence-electron chi connectivity index (χ3n) is 3.83. The molecule has 0 saturated carbocycles. The predicted molar refractivity (Wildman–Crippen MR) is 76.4 cm³/mol. The van der Waals surface area contributed by atoms with Crippen molar-refractivity contribution in [3.8, 4) is 5.75 Å². The summed E-state index contributed by atoms with van der Waals surface area (Å²) in [6.07, 6.45) is 5.17. The molecular weight excluding hydrogens is 228 g/mol. The van der Waals surface area contributed by atoms with Crippen LogP contribution in [0.1, 0.15) is 12.8 Å². The fourth-order valence-electron chi connectivity index (χ4n) is 2.85. The maximum atomic E-state index is 9.93. The molecule has 0 radical (unpaired) electrons. The summed E-state index contributed by atoms with van der Waals surface area (Å²) < 4.78 is 0. The second kappa shape index (κ2) is 3.95. The monoisotopic (exact) mass is 246 g/mol. The van der Waals surface area contributed by atoms with Crippen molar-refractivity contribution < 1.29 is 5.11 Å². The highest BCUT2D eigenvalue weighted by Gasteiger charge is 2.27. The van der Waals surface area contributed by atoms with Crippen LogP contribution in [0.5, 0.6) is 5.75 Å². The first-order valence-electron chi connectivity index (χ1n) is 6.15. The van der Waals surface area contributed by atoms with Gasteiger partial charge in [-0.25, -0.2) is 10.0 Å². The Morgan fingerprint density at radius 2 is 1.59 bits per heavy atom. The van der Waals surface area contributed by atoms with Gasteiger partial charge in [0.05, 0.1) is 0 Å². The van der Waals surface area contributed by atoms with Crippen molar-refractivity contribution in [2.75, 3.05) is 17.8 Å². The Balaban J connectivity index is 2.27. The smallest absolute Gasteiger partial charge is 0.123 e. The Bertz CT molecular complexity index is 556. The number of aromatic hydroxyl groups is 1. The lowest BCUT2D eigenvalue weighted by Crippen LogP contribution is -2.01. The van der Waals surface area contributed by atoms with Crippen molar-refractivity contribution in [3.63, 3.8) is 0 Å². The van der Waals surface area contributed by atoms with E-state index in [0.717, 1.165) is 5.39 Å². The number of hydrogen-bond acceptors (Lipinski definition) is 1. The van der Waals surface area contributed by atoms with E-state index in [1.165, 1.54) is 34.6 Å². The van der Waals surface area contributed by atoms with Gasteiger partial charge in [0.15, 0.2) is 0 Å². The van der Waals surface area contributed by atoms with Gasteiger partial charge >= 0.3 is 0 Å². The number of phenols is 1. The van der Waals surface area contributed by atoms with Crippen LogP contribution in [-0.4, -0.2) is 22.9 Å². The minimum absolute atomic E-state index is 0.408. The van der Waals surface area contributed by atoms with E-state index in [0.29, 0.717) is 5.75 Å². The molecule has 0 unspecified atom stereocenters. The predicted octanol–water partition coefficient (Wildman–Crippen LogP) is 4.13. The quantitative estimate of drug-likeness (QED) is 0.802. The van der Waals surface area contributed by atoms with Gasteiger partial charge in [0.25, 0.3) is 0 Å². The van der Waals surface area contributed by atoms with Gasteiger partial charge < -0.3 is 5.11 Å². The number of benzene rings is 2. The molecule has 1 nitrogen and oxygen atoms in total. The van der Waals surface area contributed by atoms with E-state index < -0.39 is 10.0 Å². The topological polar surface area (TPSA) is 20.2 Å². The summed E-state index contributed by atoms with van der Waals surface area (Å²) in [5, 5.41) is 12.2. The Morgan fingerprint density at radius 3 is 2.29 bits per heavy atom. The second-order valence-electron chi connectivity index (χ2n) is 5.02. The number of phenolic OH excluding ortho intramolecular Hbond substituents is 1. The Labute approximate surface area is 104 Å². The van der Waals surface area contributed by atoms with Crippen LogP contribution in [0.4, 0.5) is 0 Å². The first-order valence-corrected chi connectivity index (χ1v) is 8.53. The lowest BCUT2D eigenvalue weighted by Gasteiger charge is -2.32. The zero-order valence-electron chi connectivity index (χ0n) is 10.1. The fourth-order valence-corrected chi connectivity index (χ4v) is 6.28. The molecule has 0 bridgehead atoms. The van der Waals surface area contributed by atoms with E-state index in [4.69, 9.17) is 0 Å². The molecule has 1 heterocycles. The molecule has 90 valence electrons. The van der Waals surface area contributed by atoms with Gasteiger partial charge in [-0.1, -0.05) is 24.3 Å². The molecule has 2 heteroatoms. The Hall–Kier alpha value is -1.15. The summed E-state index contributed by atoms with van der Waals surface area (Å²) >= 11 is 0. The van der Waals surface area contributed by atoms with Crippen LogP contribution in [0.15, 0.2) is 41.3 Å². The zero-order chi connectivity index (χ0) is 11.9. The van der Waals surface area contributed by atoms with E-state index in [1.807, 2.05) is 18.2 Å². The normalized spacial score (nSPS) is 20.5. The third-order valence-corrected chi connectivity index (χ3v) is 7.63. The molecule has 1 aliphatic rings. The molecule has 1 N–H and O–H groups in total. The van der Waals surface area contributed by atoms with Gasteiger partial charge in [-0.15, -0.1) is 0 Å². The third kappa shape index (κ3) is 1.71. The first-order chi connectivity index (χ1) is 8.21. The minimum atomic E-state index is -0.637. The summed E-state index contributed by atoms with van der Waals surface area (Å²) in [5.41, 5.74) is 0. The molecule has 2 aromatic carbocycles. The maximum Gasteiger partial charge on any atom is 0.123 e. The molecule has 0 aliphatic carbocycles. The number of fused-ring (bicyclic) bond motifs is 1. The van der Waals surface area contributed by atoms with Crippen LogP contribution in [0.2, 0.25) is 0 Å². The zero-order valence-corrected chi connectivity index (χ0v) is 11.0. The van der Waals surface area contributed by atoms with Gasteiger partial charge in [0.2, 0.25) is 0 Å². The molecule has 0 spiro atoms. The van der Waals surface area contributed by atoms with E-state index in [2.05, 4.69) is 24.5 Å². The van der Waals surface area contributed by atoms with Gasteiger partial charge in [0, 0.05) is 5.39 Å². The first kappa shape index (κ1) is 11.0. The molecule has 0 atom stereocenters. The highest BCUT2D eigenvalue weighted by Crippen LogP contribution is 2.59. The van der Waals surface area contributed by atoms with Crippen molar-refractivity contribution in [2.24, 2.45) is 0 Å². The molecule has 0 aromatic heterocycles. The van der Waals surface area contributed by atoms with Crippen molar-refractivity contribution in [2.45, 2.75) is 17.7 Å². The fraction of sp³-hybridized carbons (Fsp3) is 0.333. The maximum absolute atomic E-state index is 9.93.